The number of carbonyl (C=O) groups is 3. The van der Waals surface area contributed by atoms with Crippen molar-refractivity contribution in [1.82, 2.24) is 20.5 Å². The monoisotopic (exact) mass is 523 g/mol. The highest BCUT2D eigenvalue weighted by Crippen LogP contribution is 2.50. The standard InChI is InChI=1S/C23H24ClF2N5O3S/c24-15-10-35-17-5-16(30-18(15)17)22(34)31-9-12-6-23(25,26)7-14(12)19(31)21(33)29-13(8-27)4-11-2-1-3-28-20(11)32/h5,10-14,19,30H,1-4,6-7,9H2,(H,28,32)(H,29,33)/t11-,12+,13+,14+,19-/m0/s1. The second kappa shape index (κ2) is 9.06. The number of halogens is 3. The van der Waals surface area contributed by atoms with E-state index in [1.165, 1.54) is 16.2 Å². The molecule has 1 aliphatic carbocycles. The average molecular weight is 524 g/mol. The minimum atomic E-state index is -2.90. The van der Waals surface area contributed by atoms with Gasteiger partial charge in [0.05, 0.1) is 21.3 Å². The Bertz CT molecular complexity index is 1220. The lowest BCUT2D eigenvalue weighted by molar-refractivity contribution is -0.129. The van der Waals surface area contributed by atoms with Crippen molar-refractivity contribution in [2.75, 3.05) is 13.1 Å². The minimum Gasteiger partial charge on any atom is -0.356 e. The third-order valence-electron chi connectivity index (χ3n) is 7.33. The summed E-state index contributed by atoms with van der Waals surface area (Å²) in [5.41, 5.74) is 0.844. The molecule has 0 bridgehead atoms. The van der Waals surface area contributed by atoms with Crippen LogP contribution in [0.4, 0.5) is 8.78 Å². The summed E-state index contributed by atoms with van der Waals surface area (Å²) in [6, 6.07) is 1.56. The highest BCUT2D eigenvalue weighted by molar-refractivity contribution is 7.17. The topological polar surface area (TPSA) is 118 Å². The van der Waals surface area contributed by atoms with E-state index in [1.54, 1.807) is 11.4 Å². The van der Waals surface area contributed by atoms with Gasteiger partial charge in [-0.1, -0.05) is 11.6 Å². The number of aromatic nitrogens is 1. The lowest BCUT2D eigenvalue weighted by Crippen LogP contribution is -2.52. The third kappa shape index (κ3) is 4.49. The van der Waals surface area contributed by atoms with E-state index in [2.05, 4.69) is 15.6 Å². The molecule has 2 aromatic rings. The lowest BCUT2D eigenvalue weighted by Gasteiger charge is -2.29. The van der Waals surface area contributed by atoms with Gasteiger partial charge in [0, 0.05) is 37.2 Å². The normalized spacial score (nSPS) is 28.4. The fourth-order valence-electron chi connectivity index (χ4n) is 5.74. The third-order valence-corrected chi connectivity index (χ3v) is 8.69. The van der Waals surface area contributed by atoms with Crippen molar-refractivity contribution in [3.63, 3.8) is 0 Å². The zero-order valence-electron chi connectivity index (χ0n) is 18.7. The van der Waals surface area contributed by atoms with Crippen LogP contribution in [0.25, 0.3) is 10.2 Å². The first kappa shape index (κ1) is 24.0. The van der Waals surface area contributed by atoms with Gasteiger partial charge in [0.15, 0.2) is 0 Å². The lowest BCUT2D eigenvalue weighted by atomic mass is 9.90. The number of carbonyl (C=O) groups excluding carboxylic acids is 3. The molecule has 4 heterocycles. The second-order valence-corrected chi connectivity index (χ2v) is 11.0. The van der Waals surface area contributed by atoms with Crippen molar-refractivity contribution in [3.8, 4) is 6.07 Å². The molecule has 8 nitrogen and oxygen atoms in total. The molecule has 0 unspecified atom stereocenters. The van der Waals surface area contributed by atoms with E-state index >= 15 is 0 Å². The fourth-order valence-corrected chi connectivity index (χ4v) is 6.89. The van der Waals surface area contributed by atoms with Crippen LogP contribution in [0.1, 0.15) is 42.6 Å². The van der Waals surface area contributed by atoms with Crippen LogP contribution in [0.2, 0.25) is 5.02 Å². The summed E-state index contributed by atoms with van der Waals surface area (Å²) in [4.78, 5) is 43.2. The van der Waals surface area contributed by atoms with Crippen molar-refractivity contribution in [2.45, 2.75) is 50.1 Å². The number of hydrogen-bond acceptors (Lipinski definition) is 5. The van der Waals surface area contributed by atoms with Crippen LogP contribution in [0, 0.1) is 29.1 Å². The molecule has 0 spiro atoms. The van der Waals surface area contributed by atoms with Gasteiger partial charge in [0.25, 0.3) is 5.91 Å². The molecule has 3 amide bonds. The number of nitrogens with one attached hydrogen (secondary N) is 3. The largest absolute Gasteiger partial charge is 0.356 e. The van der Waals surface area contributed by atoms with Crippen molar-refractivity contribution in [2.24, 2.45) is 17.8 Å². The first-order valence-corrected chi connectivity index (χ1v) is 12.8. The zero-order chi connectivity index (χ0) is 24.9. The SMILES string of the molecule is N#C[C@@H](C[C@@H]1CCCNC1=O)NC(=O)[C@@H]1[C@@H]2CC(F)(F)C[C@@H]2CN1C(=O)c1cc2scc(Cl)c2[nH]1. The number of amides is 3. The highest BCUT2D eigenvalue weighted by atomic mass is 35.5. The Morgan fingerprint density at radius 2 is 2.20 bits per heavy atom. The molecule has 2 saturated heterocycles. The number of likely N-dealkylation sites (tertiary alicyclic amines) is 1. The van der Waals surface area contributed by atoms with Gasteiger partial charge in [-0.2, -0.15) is 5.26 Å². The maximum absolute atomic E-state index is 14.2. The maximum Gasteiger partial charge on any atom is 0.271 e. The van der Waals surface area contributed by atoms with Crippen LogP contribution in [-0.2, 0) is 9.59 Å². The zero-order valence-corrected chi connectivity index (χ0v) is 20.2. The summed E-state index contributed by atoms with van der Waals surface area (Å²) in [6.07, 6.45) is 0.639. The highest BCUT2D eigenvalue weighted by Gasteiger charge is 2.58. The van der Waals surface area contributed by atoms with E-state index in [1.807, 2.05) is 6.07 Å². The number of hydrogen-bond donors (Lipinski definition) is 3. The van der Waals surface area contributed by atoms with Crippen molar-refractivity contribution in [1.29, 1.82) is 5.26 Å². The molecule has 1 saturated carbocycles. The van der Waals surface area contributed by atoms with Crippen molar-refractivity contribution in [3.05, 3.63) is 22.2 Å². The Kier molecular flexibility index (Phi) is 6.21. The summed E-state index contributed by atoms with van der Waals surface area (Å²) in [5, 5.41) is 17.2. The molecule has 3 aliphatic rings. The van der Waals surface area contributed by atoms with Gasteiger partial charge >= 0.3 is 0 Å². The van der Waals surface area contributed by atoms with Crippen LogP contribution in [0.3, 0.4) is 0 Å². The Morgan fingerprint density at radius 1 is 1.40 bits per heavy atom. The first-order chi connectivity index (χ1) is 16.7. The van der Waals surface area contributed by atoms with Gasteiger partial charge in [0.2, 0.25) is 17.7 Å². The van der Waals surface area contributed by atoms with Gasteiger partial charge in [-0.3, -0.25) is 14.4 Å². The molecule has 186 valence electrons. The van der Waals surface area contributed by atoms with E-state index < -0.39 is 54.0 Å². The van der Waals surface area contributed by atoms with E-state index in [-0.39, 0.29) is 31.0 Å². The molecule has 0 aromatic carbocycles. The summed E-state index contributed by atoms with van der Waals surface area (Å²) in [5.74, 6) is -5.82. The van der Waals surface area contributed by atoms with Gasteiger partial charge in [-0.15, -0.1) is 11.3 Å². The Morgan fingerprint density at radius 3 is 2.91 bits per heavy atom. The number of aromatic amines is 1. The van der Waals surface area contributed by atoms with Gasteiger partial charge in [0.1, 0.15) is 17.8 Å². The van der Waals surface area contributed by atoms with E-state index in [0.717, 1.165) is 11.1 Å². The van der Waals surface area contributed by atoms with Gasteiger partial charge in [-0.25, -0.2) is 8.78 Å². The molecule has 0 radical (unpaired) electrons. The number of thiophene rings is 1. The van der Waals surface area contributed by atoms with Crippen LogP contribution in [-0.4, -0.2) is 58.7 Å². The molecule has 35 heavy (non-hydrogen) atoms. The second-order valence-electron chi connectivity index (χ2n) is 9.65. The summed E-state index contributed by atoms with van der Waals surface area (Å²) >= 11 is 7.52. The molecular formula is C23H24ClF2N5O3S. The number of nitriles is 1. The summed E-state index contributed by atoms with van der Waals surface area (Å²) < 4.78 is 29.2. The number of fused-ring (bicyclic) bond motifs is 2. The van der Waals surface area contributed by atoms with Crippen LogP contribution in [0.15, 0.2) is 11.4 Å². The van der Waals surface area contributed by atoms with E-state index in [4.69, 9.17) is 11.6 Å². The maximum atomic E-state index is 14.2. The molecule has 2 aliphatic heterocycles. The molecule has 3 N–H and O–H groups in total. The van der Waals surface area contributed by atoms with E-state index in [9.17, 15) is 28.4 Å². The van der Waals surface area contributed by atoms with Crippen molar-refractivity contribution < 1.29 is 23.2 Å². The molecule has 3 fully saturated rings. The Hall–Kier alpha value is -2.71. The smallest absolute Gasteiger partial charge is 0.271 e. The minimum absolute atomic E-state index is 0.0276. The predicted octanol–water partition coefficient (Wildman–Crippen LogP) is 3.29. The van der Waals surface area contributed by atoms with Crippen LogP contribution >= 0.6 is 22.9 Å². The molecule has 5 atom stereocenters. The fraction of sp³-hybridized carbons (Fsp3) is 0.565. The van der Waals surface area contributed by atoms with Crippen LogP contribution < -0.4 is 10.6 Å². The quantitative estimate of drug-likeness (QED) is 0.557. The van der Waals surface area contributed by atoms with Crippen LogP contribution in [0.5, 0.6) is 0 Å². The first-order valence-electron chi connectivity index (χ1n) is 11.6. The van der Waals surface area contributed by atoms with E-state index in [0.29, 0.717) is 23.5 Å². The number of rotatable bonds is 5. The number of nitrogens with zero attached hydrogens (tertiary/aromatic N) is 2. The number of piperidine rings is 1. The Balaban J connectivity index is 1.37. The number of alkyl halides is 2. The van der Waals surface area contributed by atoms with Gasteiger partial charge < -0.3 is 20.5 Å². The van der Waals surface area contributed by atoms with Gasteiger partial charge in [-0.05, 0) is 37.2 Å². The summed E-state index contributed by atoms with van der Waals surface area (Å²) in [6.45, 7) is 0.608. The number of H-pyrrole nitrogens is 1. The average Bonchev–Trinajstić information content (AvgIpc) is 3.54. The Labute approximate surface area is 209 Å². The molecule has 5 rings (SSSR count). The summed E-state index contributed by atoms with van der Waals surface area (Å²) in [7, 11) is 0. The predicted molar refractivity (Wildman–Crippen MR) is 125 cm³/mol. The molecule has 2 aromatic heterocycles. The molecular weight excluding hydrogens is 500 g/mol. The molecule has 12 heteroatoms. The van der Waals surface area contributed by atoms with Crippen molar-refractivity contribution >= 4 is 50.9 Å².